The van der Waals surface area contributed by atoms with Gasteiger partial charge in [-0.05, 0) is 37.1 Å². The van der Waals surface area contributed by atoms with Gasteiger partial charge < -0.3 is 4.90 Å². The second-order valence-electron chi connectivity index (χ2n) is 5.44. The third-order valence-corrected chi connectivity index (χ3v) is 3.75. The van der Waals surface area contributed by atoms with Crippen molar-refractivity contribution < 1.29 is 0 Å². The molecule has 0 saturated heterocycles. The molecular formula is C21H22N2. The first-order valence-electron chi connectivity index (χ1n) is 7.82. The van der Waals surface area contributed by atoms with Crippen LogP contribution in [0.5, 0.6) is 0 Å². The quantitative estimate of drug-likeness (QED) is 0.556. The molecule has 2 aromatic rings. The maximum absolute atomic E-state index is 9.56. The number of rotatable bonds is 6. The van der Waals surface area contributed by atoms with Crippen molar-refractivity contribution in [3.63, 3.8) is 0 Å². The Bertz CT molecular complexity index is 694. The number of para-hydroxylation sites is 1. The Hall–Kier alpha value is -2.79. The molecule has 0 fully saturated rings. The normalized spacial score (nSPS) is 12.8. The zero-order valence-corrected chi connectivity index (χ0v) is 13.7. The summed E-state index contributed by atoms with van der Waals surface area (Å²) in [6.07, 6.45) is 7.11. The maximum atomic E-state index is 9.56. The summed E-state index contributed by atoms with van der Waals surface area (Å²) >= 11 is 0. The lowest BCUT2D eigenvalue weighted by Crippen LogP contribution is -2.16. The summed E-state index contributed by atoms with van der Waals surface area (Å²) in [5.41, 5.74) is 2.95. The van der Waals surface area contributed by atoms with E-state index in [0.29, 0.717) is 5.70 Å². The van der Waals surface area contributed by atoms with Crippen molar-refractivity contribution in [1.82, 2.24) is 0 Å². The molecule has 0 amide bonds. The summed E-state index contributed by atoms with van der Waals surface area (Å²) in [6, 6.07) is 22.6. The van der Waals surface area contributed by atoms with Crippen LogP contribution in [0.3, 0.4) is 0 Å². The van der Waals surface area contributed by atoms with Gasteiger partial charge in [0.15, 0.2) is 0 Å². The topological polar surface area (TPSA) is 27.0 Å². The summed E-state index contributed by atoms with van der Waals surface area (Å²) in [4.78, 5) is 1.93. The molecule has 0 heterocycles. The van der Waals surface area contributed by atoms with Crippen molar-refractivity contribution in [1.29, 1.82) is 5.26 Å². The fraction of sp³-hybridized carbons (Fsp3) is 0.190. The molecule has 0 saturated carbocycles. The lowest BCUT2D eigenvalue weighted by molar-refractivity contribution is 0.794. The smallest absolute Gasteiger partial charge is 0.117 e. The Balaban J connectivity index is 2.23. The molecule has 2 aromatic carbocycles. The lowest BCUT2D eigenvalue weighted by atomic mass is 9.97. The summed E-state index contributed by atoms with van der Waals surface area (Å²) < 4.78 is 0. The van der Waals surface area contributed by atoms with Gasteiger partial charge in [-0.1, -0.05) is 60.7 Å². The van der Waals surface area contributed by atoms with Crippen LogP contribution < -0.4 is 4.90 Å². The Morgan fingerprint density at radius 1 is 1.09 bits per heavy atom. The average molecular weight is 302 g/mol. The van der Waals surface area contributed by atoms with Gasteiger partial charge in [-0.15, -0.1) is 0 Å². The largest absolute Gasteiger partial charge is 0.336 e. The molecule has 1 unspecified atom stereocenters. The zero-order valence-electron chi connectivity index (χ0n) is 13.7. The predicted octanol–water partition coefficient (Wildman–Crippen LogP) is 4.97. The number of benzene rings is 2. The molecule has 0 aliphatic carbocycles. The van der Waals surface area contributed by atoms with E-state index in [1.54, 1.807) is 0 Å². The van der Waals surface area contributed by atoms with E-state index in [1.165, 1.54) is 5.56 Å². The van der Waals surface area contributed by atoms with Gasteiger partial charge in [0.1, 0.15) is 11.8 Å². The Morgan fingerprint density at radius 3 is 2.26 bits per heavy atom. The summed E-state index contributed by atoms with van der Waals surface area (Å²) in [7, 11) is 1.93. The minimum absolute atomic E-state index is 0.197. The first-order chi connectivity index (χ1) is 11.2. The Morgan fingerprint density at radius 2 is 1.70 bits per heavy atom. The van der Waals surface area contributed by atoms with Crippen LogP contribution in [0.2, 0.25) is 0 Å². The molecule has 0 N–H and O–H groups in total. The molecule has 2 heteroatoms. The number of hydrogen-bond acceptors (Lipinski definition) is 2. The Kier molecular flexibility index (Phi) is 6.20. The lowest BCUT2D eigenvalue weighted by Gasteiger charge is -2.19. The average Bonchev–Trinajstić information content (AvgIpc) is 2.61. The second-order valence-corrected chi connectivity index (χ2v) is 5.44. The van der Waals surface area contributed by atoms with Gasteiger partial charge in [0.25, 0.3) is 0 Å². The van der Waals surface area contributed by atoms with E-state index < -0.39 is 0 Å². The van der Waals surface area contributed by atoms with E-state index in [2.05, 4.69) is 24.3 Å². The van der Waals surface area contributed by atoms with E-state index in [9.17, 15) is 5.26 Å². The van der Waals surface area contributed by atoms with E-state index in [1.807, 2.05) is 79.6 Å². The summed E-state index contributed by atoms with van der Waals surface area (Å²) in [5, 5.41) is 9.56. The monoisotopic (exact) mass is 302 g/mol. The first kappa shape index (κ1) is 16.6. The van der Waals surface area contributed by atoms with Gasteiger partial charge in [0, 0.05) is 18.7 Å². The highest BCUT2D eigenvalue weighted by Gasteiger charge is 2.10. The van der Waals surface area contributed by atoms with Gasteiger partial charge >= 0.3 is 0 Å². The highest BCUT2D eigenvalue weighted by atomic mass is 15.1. The van der Waals surface area contributed by atoms with E-state index in [0.717, 1.165) is 12.1 Å². The molecule has 0 bridgehead atoms. The van der Waals surface area contributed by atoms with Gasteiger partial charge in [0.2, 0.25) is 0 Å². The van der Waals surface area contributed by atoms with Crippen molar-refractivity contribution >= 4 is 5.69 Å². The van der Waals surface area contributed by atoms with Gasteiger partial charge in [0.05, 0.1) is 0 Å². The molecule has 1 atom stereocenters. The number of hydrogen-bond donors (Lipinski definition) is 0. The number of allylic oxidation sites excluding steroid dienone is 4. The second kappa shape index (κ2) is 8.60. The predicted molar refractivity (Wildman–Crippen MR) is 97.0 cm³/mol. The van der Waals surface area contributed by atoms with Gasteiger partial charge in [-0.25, -0.2) is 0 Å². The van der Waals surface area contributed by atoms with E-state index >= 15 is 0 Å². The molecule has 23 heavy (non-hydrogen) atoms. The fourth-order valence-electron chi connectivity index (χ4n) is 2.53. The van der Waals surface area contributed by atoms with Crippen LogP contribution in [-0.2, 0) is 6.42 Å². The number of nitrogens with zero attached hydrogens (tertiary/aromatic N) is 2. The standard InChI is InChI=1S/C21H22N2/c1-3-10-19(15-18-11-6-4-7-12-18)16-21(17-22)23(2)20-13-8-5-9-14-20/h3-14,16,19H,15H2,1-2H3/b10-3+,21-16+. The summed E-state index contributed by atoms with van der Waals surface area (Å²) in [6.45, 7) is 2.01. The van der Waals surface area contributed by atoms with Crippen LogP contribution in [0.4, 0.5) is 5.69 Å². The van der Waals surface area contributed by atoms with E-state index in [4.69, 9.17) is 0 Å². The summed E-state index contributed by atoms with van der Waals surface area (Å²) in [5.74, 6) is 0.197. The minimum Gasteiger partial charge on any atom is -0.336 e. The number of nitriles is 1. The van der Waals surface area contributed by atoms with Crippen LogP contribution >= 0.6 is 0 Å². The van der Waals surface area contributed by atoms with Crippen LogP contribution in [0.15, 0.2) is 84.6 Å². The number of anilines is 1. The molecule has 2 nitrogen and oxygen atoms in total. The third-order valence-electron chi connectivity index (χ3n) is 3.75. The zero-order chi connectivity index (χ0) is 16.5. The highest BCUT2D eigenvalue weighted by molar-refractivity contribution is 5.54. The van der Waals surface area contributed by atoms with Gasteiger partial charge in [-0.3, -0.25) is 0 Å². The molecule has 0 spiro atoms. The molecule has 0 radical (unpaired) electrons. The molecule has 0 aliphatic rings. The molecule has 116 valence electrons. The van der Waals surface area contributed by atoms with Crippen molar-refractivity contribution in [3.8, 4) is 6.07 Å². The fourth-order valence-corrected chi connectivity index (χ4v) is 2.53. The highest BCUT2D eigenvalue weighted by Crippen LogP contribution is 2.20. The van der Waals surface area contributed by atoms with Crippen LogP contribution in [-0.4, -0.2) is 7.05 Å². The molecule has 0 aliphatic heterocycles. The minimum atomic E-state index is 0.197. The first-order valence-corrected chi connectivity index (χ1v) is 7.82. The van der Waals surface area contributed by atoms with Crippen LogP contribution in [0.25, 0.3) is 0 Å². The SMILES string of the molecule is C/C=C/C(/C=C(\C#N)N(C)c1ccccc1)Cc1ccccc1. The van der Waals surface area contributed by atoms with Crippen molar-refractivity contribution in [2.24, 2.45) is 5.92 Å². The molecule has 0 aromatic heterocycles. The van der Waals surface area contributed by atoms with Crippen molar-refractivity contribution in [3.05, 3.63) is 90.2 Å². The molecular weight excluding hydrogens is 280 g/mol. The van der Waals surface area contributed by atoms with E-state index in [-0.39, 0.29) is 5.92 Å². The Labute approximate surface area is 139 Å². The van der Waals surface area contributed by atoms with Crippen LogP contribution in [0, 0.1) is 17.2 Å². The van der Waals surface area contributed by atoms with Gasteiger partial charge in [-0.2, -0.15) is 5.26 Å². The van der Waals surface area contributed by atoms with Crippen molar-refractivity contribution in [2.75, 3.05) is 11.9 Å². The van der Waals surface area contributed by atoms with Crippen LogP contribution in [0.1, 0.15) is 12.5 Å². The van der Waals surface area contributed by atoms with Crippen molar-refractivity contribution in [2.45, 2.75) is 13.3 Å². The maximum Gasteiger partial charge on any atom is 0.117 e. The third kappa shape index (κ3) is 4.86. The molecule has 2 rings (SSSR count).